The second-order valence-electron chi connectivity index (χ2n) is 10.5. The van der Waals surface area contributed by atoms with Crippen LogP contribution in [0.5, 0.6) is 0 Å². The molecular weight excluding hydrogens is 510 g/mol. The third-order valence-electron chi connectivity index (χ3n) is 7.65. The Kier molecular flexibility index (Phi) is 7.33. The second-order valence-corrected chi connectivity index (χ2v) is 13.0. The van der Waals surface area contributed by atoms with Crippen LogP contribution in [-0.4, -0.2) is 84.9 Å². The average molecular weight is 546 g/mol. The van der Waals surface area contributed by atoms with E-state index in [0.717, 1.165) is 12.8 Å². The van der Waals surface area contributed by atoms with E-state index in [9.17, 15) is 23.4 Å². The molecular formula is C26H35N5O6S. The number of amides is 2. The number of carbonyl (C=O) groups excluding carboxylic acids is 1. The molecule has 0 bridgehead atoms. The van der Waals surface area contributed by atoms with Gasteiger partial charge in [0, 0.05) is 30.5 Å². The number of nitrogens with zero attached hydrogens (tertiary/aromatic N) is 3. The minimum absolute atomic E-state index is 0.0688. The molecule has 206 valence electrons. The third kappa shape index (κ3) is 5.35. The highest BCUT2D eigenvalue weighted by atomic mass is 32.2. The van der Waals surface area contributed by atoms with Crippen LogP contribution in [0.2, 0.25) is 0 Å². The fourth-order valence-corrected chi connectivity index (χ4v) is 6.93. The number of anilines is 2. The lowest BCUT2D eigenvalue weighted by Crippen LogP contribution is -2.44. The predicted molar refractivity (Wildman–Crippen MR) is 143 cm³/mol. The van der Waals surface area contributed by atoms with Crippen molar-refractivity contribution in [3.05, 3.63) is 36.0 Å². The molecule has 3 aliphatic rings. The topological polar surface area (TPSA) is 154 Å². The highest BCUT2D eigenvalue weighted by molar-refractivity contribution is 7.92. The zero-order valence-corrected chi connectivity index (χ0v) is 22.3. The molecule has 0 spiro atoms. The summed E-state index contributed by atoms with van der Waals surface area (Å²) in [5.74, 6) is 0.976. The van der Waals surface area contributed by atoms with Gasteiger partial charge in [0.1, 0.15) is 10.6 Å². The van der Waals surface area contributed by atoms with Crippen molar-refractivity contribution in [3.8, 4) is 11.4 Å². The summed E-state index contributed by atoms with van der Waals surface area (Å²) in [7, 11) is -3.52. The van der Waals surface area contributed by atoms with Gasteiger partial charge in [-0.15, -0.1) is 0 Å². The Labute approximate surface area is 222 Å². The van der Waals surface area contributed by atoms with Gasteiger partial charge < -0.3 is 30.5 Å². The number of urea groups is 1. The lowest BCUT2D eigenvalue weighted by molar-refractivity contribution is 0.0985. The molecule has 38 heavy (non-hydrogen) atoms. The highest BCUT2D eigenvalue weighted by Gasteiger charge is 2.57. The van der Waals surface area contributed by atoms with Crippen molar-refractivity contribution < 1.29 is 28.2 Å². The van der Waals surface area contributed by atoms with E-state index in [1.165, 1.54) is 0 Å². The molecule has 3 fully saturated rings. The lowest BCUT2D eigenvalue weighted by Gasteiger charge is -2.34. The van der Waals surface area contributed by atoms with Crippen LogP contribution in [0.1, 0.15) is 44.7 Å². The van der Waals surface area contributed by atoms with Crippen molar-refractivity contribution in [2.75, 3.05) is 48.9 Å². The van der Waals surface area contributed by atoms with Crippen molar-refractivity contribution in [3.63, 3.8) is 0 Å². The molecule has 2 heterocycles. The largest absolute Gasteiger partial charge is 0.396 e. The maximum atomic E-state index is 13.3. The minimum atomic E-state index is -3.52. The molecule has 4 N–H and O–H groups in total. The Hall–Kier alpha value is -2.80. The molecule has 5 rings (SSSR count). The van der Waals surface area contributed by atoms with Crippen LogP contribution in [0.25, 0.3) is 11.4 Å². The zero-order valence-electron chi connectivity index (χ0n) is 21.5. The first-order valence-electron chi connectivity index (χ1n) is 13.1. The van der Waals surface area contributed by atoms with Gasteiger partial charge in [0.15, 0.2) is 15.7 Å². The number of rotatable bonds is 10. The first-order chi connectivity index (χ1) is 18.2. The second kappa shape index (κ2) is 10.4. The number of ether oxygens (including phenoxy) is 1. The fourth-order valence-electron chi connectivity index (χ4n) is 4.88. The molecule has 2 amide bonds. The Morgan fingerprint density at radius 3 is 2.50 bits per heavy atom. The molecule has 1 aromatic carbocycles. The van der Waals surface area contributed by atoms with E-state index in [-0.39, 0.29) is 37.5 Å². The summed E-state index contributed by atoms with van der Waals surface area (Å²) < 4.78 is 31.1. The quantitative estimate of drug-likeness (QED) is 0.350. The highest BCUT2D eigenvalue weighted by Crippen LogP contribution is 2.53. The number of aliphatic hydroxyl groups is 2. The van der Waals surface area contributed by atoms with E-state index in [0.29, 0.717) is 61.2 Å². The molecule has 2 aliphatic carbocycles. The van der Waals surface area contributed by atoms with Gasteiger partial charge in [0.2, 0.25) is 0 Å². The van der Waals surface area contributed by atoms with Crippen LogP contribution in [0.15, 0.2) is 30.3 Å². The number of sulfone groups is 1. The molecule has 1 aromatic heterocycles. The third-order valence-corrected chi connectivity index (χ3v) is 10.3. The van der Waals surface area contributed by atoms with Gasteiger partial charge in [-0.05, 0) is 63.3 Å². The SMILES string of the molecule is C[C@H]1COCCN1c1cc(C2(S(=O)(=O)CCCO)CC2)nc(-c2ccc(NC(=O)NC3(CO)CC3)cc2)n1. The lowest BCUT2D eigenvalue weighted by atomic mass is 10.1. The van der Waals surface area contributed by atoms with Gasteiger partial charge in [-0.25, -0.2) is 23.2 Å². The molecule has 11 nitrogen and oxygen atoms in total. The predicted octanol–water partition coefficient (Wildman–Crippen LogP) is 1.80. The van der Waals surface area contributed by atoms with Gasteiger partial charge >= 0.3 is 6.03 Å². The first-order valence-corrected chi connectivity index (χ1v) is 14.7. The van der Waals surface area contributed by atoms with E-state index in [4.69, 9.17) is 14.7 Å². The van der Waals surface area contributed by atoms with E-state index < -0.39 is 20.1 Å². The van der Waals surface area contributed by atoms with Gasteiger partial charge in [-0.3, -0.25) is 0 Å². The van der Waals surface area contributed by atoms with Crippen LogP contribution in [0, 0.1) is 0 Å². The number of benzene rings is 1. The first kappa shape index (κ1) is 26.8. The number of aromatic nitrogens is 2. The number of nitrogens with one attached hydrogen (secondary N) is 2. The van der Waals surface area contributed by atoms with Crippen LogP contribution < -0.4 is 15.5 Å². The Bertz CT molecular complexity index is 1280. The number of hydrogen-bond acceptors (Lipinski definition) is 9. The molecule has 0 unspecified atom stereocenters. The summed E-state index contributed by atoms with van der Waals surface area (Å²) in [5, 5.41) is 24.2. The normalized spacial score (nSPS) is 21.6. The molecule has 12 heteroatoms. The molecule has 1 aliphatic heterocycles. The van der Waals surface area contributed by atoms with Crippen molar-refractivity contribution in [2.45, 2.75) is 55.4 Å². The summed E-state index contributed by atoms with van der Waals surface area (Å²) in [6, 6.07) is 8.55. The summed E-state index contributed by atoms with van der Waals surface area (Å²) in [6.45, 7) is 3.51. The smallest absolute Gasteiger partial charge is 0.319 e. The zero-order chi connectivity index (χ0) is 27.0. The molecule has 0 radical (unpaired) electrons. The van der Waals surface area contributed by atoms with Crippen LogP contribution in [0.3, 0.4) is 0 Å². The van der Waals surface area contributed by atoms with Crippen LogP contribution >= 0.6 is 0 Å². The monoisotopic (exact) mass is 545 g/mol. The van der Waals surface area contributed by atoms with E-state index in [1.54, 1.807) is 30.3 Å². The van der Waals surface area contributed by atoms with E-state index in [2.05, 4.69) is 15.5 Å². The Morgan fingerprint density at radius 1 is 1.16 bits per heavy atom. The number of aliphatic hydroxyl groups excluding tert-OH is 2. The van der Waals surface area contributed by atoms with Crippen molar-refractivity contribution in [1.82, 2.24) is 15.3 Å². The van der Waals surface area contributed by atoms with E-state index in [1.807, 2.05) is 6.92 Å². The Morgan fingerprint density at radius 2 is 1.89 bits per heavy atom. The Balaban J connectivity index is 1.44. The average Bonchev–Trinajstić information content (AvgIpc) is 3.84. The fraction of sp³-hybridized carbons (Fsp3) is 0.577. The van der Waals surface area contributed by atoms with Crippen LogP contribution in [-0.2, 0) is 19.3 Å². The minimum Gasteiger partial charge on any atom is -0.396 e. The molecule has 2 aromatic rings. The molecule has 1 saturated heterocycles. The van der Waals surface area contributed by atoms with Crippen molar-refractivity contribution in [1.29, 1.82) is 0 Å². The van der Waals surface area contributed by atoms with Crippen LogP contribution in [0.4, 0.5) is 16.3 Å². The summed E-state index contributed by atoms with van der Waals surface area (Å²) in [5.41, 5.74) is 1.23. The summed E-state index contributed by atoms with van der Waals surface area (Å²) in [4.78, 5) is 24.0. The summed E-state index contributed by atoms with van der Waals surface area (Å²) in [6.07, 6.45) is 2.68. The van der Waals surface area contributed by atoms with E-state index >= 15 is 0 Å². The maximum absolute atomic E-state index is 13.3. The van der Waals surface area contributed by atoms with Crippen molar-refractivity contribution in [2.24, 2.45) is 0 Å². The number of hydrogen-bond donors (Lipinski definition) is 4. The maximum Gasteiger partial charge on any atom is 0.319 e. The van der Waals surface area contributed by atoms with Gasteiger partial charge in [0.05, 0.1) is 42.8 Å². The standard InChI is InChI=1S/C26H35N5O6S/c1-18-16-37-13-11-31(18)22-15-21(26(9-10-26)38(35,36)14-2-12-32)28-23(29-22)19-3-5-20(6-4-19)27-24(34)30-25(17-33)7-8-25/h3-6,15,18,32-33H,2,7-14,16-17H2,1H3,(H2,27,30,34)/t18-/m0/s1. The van der Waals surface area contributed by atoms with Gasteiger partial charge in [0.25, 0.3) is 0 Å². The summed E-state index contributed by atoms with van der Waals surface area (Å²) >= 11 is 0. The van der Waals surface area contributed by atoms with Gasteiger partial charge in [-0.1, -0.05) is 0 Å². The van der Waals surface area contributed by atoms with Gasteiger partial charge in [-0.2, -0.15) is 0 Å². The molecule has 1 atom stereocenters. The van der Waals surface area contributed by atoms with Crippen molar-refractivity contribution >= 4 is 27.4 Å². The number of carbonyl (C=O) groups is 1. The number of morpholine rings is 1. The molecule has 2 saturated carbocycles.